The van der Waals surface area contributed by atoms with E-state index in [0.717, 1.165) is 26.6 Å². The molecule has 2 amide bonds. The Kier molecular flexibility index (Phi) is 4.16. The van der Waals surface area contributed by atoms with Crippen molar-refractivity contribution in [2.24, 2.45) is 5.10 Å². The first-order chi connectivity index (χ1) is 14.0. The van der Waals surface area contributed by atoms with Crippen LogP contribution in [0.5, 0.6) is 5.75 Å². The lowest BCUT2D eigenvalue weighted by molar-refractivity contribution is -0.157. The Morgan fingerprint density at radius 3 is 2.86 bits per heavy atom. The normalized spacial score (nSPS) is 19.1. The van der Waals surface area contributed by atoms with Crippen molar-refractivity contribution >= 4 is 44.9 Å². The molecule has 5 rings (SSSR count). The van der Waals surface area contributed by atoms with Crippen LogP contribution in [0.4, 0.5) is 0 Å². The number of carbonyl (C=O) groups is 2. The molecular weight excluding hydrogens is 436 g/mol. The molecule has 0 spiro atoms. The molecule has 2 N–H and O–H groups in total. The predicted octanol–water partition coefficient (Wildman–Crippen LogP) is 2.77. The van der Waals surface area contributed by atoms with Gasteiger partial charge in [-0.05, 0) is 29.8 Å². The zero-order chi connectivity index (χ0) is 20.1. The highest BCUT2D eigenvalue weighted by Crippen LogP contribution is 2.32. The smallest absolute Gasteiger partial charge is 0.266 e. The maximum absolute atomic E-state index is 13.1. The number of hydrogen-bond donors (Lipinski definition) is 2. The minimum absolute atomic E-state index is 0.0514. The average Bonchev–Trinajstić information content (AvgIpc) is 3.08. The highest BCUT2D eigenvalue weighted by Gasteiger charge is 2.43. The van der Waals surface area contributed by atoms with Crippen LogP contribution in [0.3, 0.4) is 0 Å². The van der Waals surface area contributed by atoms with E-state index in [1.165, 1.54) is 17.3 Å². The molecule has 2 aliphatic heterocycles. The zero-order valence-corrected chi connectivity index (χ0v) is 16.9. The Labute approximate surface area is 174 Å². The maximum Gasteiger partial charge on any atom is 0.266 e. The van der Waals surface area contributed by atoms with E-state index in [1.807, 2.05) is 24.3 Å². The van der Waals surface area contributed by atoms with Crippen LogP contribution in [0.1, 0.15) is 16.8 Å². The van der Waals surface area contributed by atoms with Crippen molar-refractivity contribution in [3.05, 3.63) is 63.8 Å². The molecule has 2 aliphatic rings. The average molecular weight is 453 g/mol. The summed E-state index contributed by atoms with van der Waals surface area (Å²) in [6.45, 7) is 0.277. The topological polar surface area (TPSA) is 89.0 Å². The van der Waals surface area contributed by atoms with Gasteiger partial charge in [0, 0.05) is 33.1 Å². The van der Waals surface area contributed by atoms with Gasteiger partial charge in [-0.15, -0.1) is 0 Å². The first kappa shape index (κ1) is 17.9. The lowest BCUT2D eigenvalue weighted by Gasteiger charge is -2.40. The van der Waals surface area contributed by atoms with Crippen molar-refractivity contribution in [2.45, 2.75) is 19.0 Å². The number of fused-ring (bicyclic) bond motifs is 4. The van der Waals surface area contributed by atoms with E-state index in [4.69, 9.17) is 0 Å². The molecule has 0 radical (unpaired) electrons. The van der Waals surface area contributed by atoms with Crippen LogP contribution in [0, 0.1) is 0 Å². The third-order valence-electron chi connectivity index (χ3n) is 5.47. The van der Waals surface area contributed by atoms with Crippen LogP contribution >= 0.6 is 15.9 Å². The minimum Gasteiger partial charge on any atom is -0.507 e. The number of phenols is 1. The Hall–Kier alpha value is -3.13. The second kappa shape index (κ2) is 6.73. The molecule has 0 bridgehead atoms. The molecule has 1 saturated heterocycles. The first-order valence-corrected chi connectivity index (χ1v) is 10.0. The summed E-state index contributed by atoms with van der Waals surface area (Å²) in [5, 5.41) is 16.5. The second-order valence-corrected chi connectivity index (χ2v) is 8.13. The Balaban J connectivity index is 1.45. The molecule has 7 nitrogen and oxygen atoms in total. The van der Waals surface area contributed by atoms with Gasteiger partial charge in [0.2, 0.25) is 5.91 Å². The molecule has 146 valence electrons. The largest absolute Gasteiger partial charge is 0.507 e. The van der Waals surface area contributed by atoms with Gasteiger partial charge in [0.15, 0.2) is 0 Å². The van der Waals surface area contributed by atoms with Crippen LogP contribution < -0.4 is 0 Å². The van der Waals surface area contributed by atoms with Crippen LogP contribution in [0.25, 0.3) is 10.9 Å². The Bertz CT molecular complexity index is 1190. The third kappa shape index (κ3) is 3.00. The maximum atomic E-state index is 13.1. The molecule has 2 aromatic carbocycles. The number of nitrogens with one attached hydrogen (secondary N) is 1. The SMILES string of the molecule is O=C1[C@@H]2Cc3c([nH]c4ccccc34)CN2C(=O)CN1/N=C/c1cc(Br)ccc1O. The number of aromatic hydroxyl groups is 1. The fourth-order valence-electron chi connectivity index (χ4n) is 4.02. The fraction of sp³-hybridized carbons (Fsp3) is 0.190. The highest BCUT2D eigenvalue weighted by molar-refractivity contribution is 9.10. The van der Waals surface area contributed by atoms with Crippen LogP contribution in [-0.4, -0.2) is 50.6 Å². The molecule has 3 heterocycles. The number of carbonyl (C=O) groups excluding carboxylic acids is 2. The molecule has 1 fully saturated rings. The Morgan fingerprint density at radius 2 is 2.00 bits per heavy atom. The van der Waals surface area contributed by atoms with Crippen LogP contribution in [0.2, 0.25) is 0 Å². The number of rotatable bonds is 2. The Morgan fingerprint density at radius 1 is 1.17 bits per heavy atom. The molecule has 0 aliphatic carbocycles. The van der Waals surface area contributed by atoms with E-state index < -0.39 is 6.04 Å². The molecule has 1 aromatic heterocycles. The molecule has 3 aromatic rings. The van der Waals surface area contributed by atoms with Gasteiger partial charge in [0.25, 0.3) is 5.91 Å². The second-order valence-electron chi connectivity index (χ2n) is 7.21. The summed E-state index contributed by atoms with van der Waals surface area (Å²) < 4.78 is 0.781. The standard InChI is InChI=1S/C21H17BrN4O3/c22-13-5-6-19(27)12(7-13)9-23-26-11-20(28)25-10-17-15(8-18(25)21(26)29)14-3-1-2-4-16(14)24-17/h1-7,9,18,24,27H,8,10-11H2/b23-9+/t18-/m0/s1. The van der Waals surface area contributed by atoms with E-state index >= 15 is 0 Å². The van der Waals surface area contributed by atoms with E-state index in [0.29, 0.717) is 18.5 Å². The number of hydrazone groups is 1. The van der Waals surface area contributed by atoms with E-state index in [9.17, 15) is 14.7 Å². The van der Waals surface area contributed by atoms with E-state index in [-0.39, 0.29) is 24.1 Å². The van der Waals surface area contributed by atoms with E-state index in [2.05, 4.69) is 26.0 Å². The van der Waals surface area contributed by atoms with Gasteiger partial charge >= 0.3 is 0 Å². The summed E-state index contributed by atoms with van der Waals surface area (Å²) >= 11 is 3.34. The van der Waals surface area contributed by atoms with Gasteiger partial charge < -0.3 is 15.0 Å². The number of aromatic amines is 1. The van der Waals surface area contributed by atoms with Crippen molar-refractivity contribution in [2.75, 3.05) is 6.54 Å². The van der Waals surface area contributed by atoms with Gasteiger partial charge in [-0.25, -0.2) is 5.01 Å². The number of amides is 2. The summed E-state index contributed by atoms with van der Waals surface area (Å²) in [5.74, 6) is -0.309. The zero-order valence-electron chi connectivity index (χ0n) is 15.3. The number of halogens is 1. The summed E-state index contributed by atoms with van der Waals surface area (Å²) in [6, 6.07) is 12.3. The highest BCUT2D eigenvalue weighted by atomic mass is 79.9. The fourth-order valence-corrected chi connectivity index (χ4v) is 4.40. The first-order valence-electron chi connectivity index (χ1n) is 9.23. The van der Waals surface area contributed by atoms with Crippen LogP contribution in [-0.2, 0) is 22.6 Å². The molecular formula is C21H17BrN4O3. The van der Waals surface area contributed by atoms with Gasteiger partial charge in [-0.1, -0.05) is 34.1 Å². The van der Waals surface area contributed by atoms with Crippen molar-refractivity contribution in [3.63, 3.8) is 0 Å². The monoisotopic (exact) mass is 452 g/mol. The number of piperazine rings is 1. The lowest BCUT2D eigenvalue weighted by atomic mass is 9.94. The van der Waals surface area contributed by atoms with Crippen molar-refractivity contribution in [3.8, 4) is 5.75 Å². The van der Waals surface area contributed by atoms with Gasteiger partial charge in [0.1, 0.15) is 18.3 Å². The number of H-pyrrole nitrogens is 1. The number of nitrogens with zero attached hydrogens (tertiary/aromatic N) is 3. The predicted molar refractivity (Wildman–Crippen MR) is 111 cm³/mol. The quantitative estimate of drug-likeness (QED) is 0.585. The summed E-state index contributed by atoms with van der Waals surface area (Å²) in [5.41, 5.74) is 3.54. The van der Waals surface area contributed by atoms with Crippen LogP contribution in [0.15, 0.2) is 52.0 Å². The third-order valence-corrected chi connectivity index (χ3v) is 5.97. The molecule has 0 unspecified atom stereocenters. The molecule has 29 heavy (non-hydrogen) atoms. The number of para-hydroxylation sites is 1. The summed E-state index contributed by atoms with van der Waals surface area (Å²) in [7, 11) is 0. The van der Waals surface area contributed by atoms with Gasteiger partial charge in [0.05, 0.1) is 12.8 Å². The van der Waals surface area contributed by atoms with Gasteiger partial charge in [-0.3, -0.25) is 9.59 Å². The summed E-state index contributed by atoms with van der Waals surface area (Å²) in [6.07, 6.45) is 1.86. The number of aromatic nitrogens is 1. The number of hydrogen-bond acceptors (Lipinski definition) is 4. The lowest BCUT2D eigenvalue weighted by Crippen LogP contribution is -2.60. The molecule has 8 heteroatoms. The van der Waals surface area contributed by atoms with Crippen molar-refractivity contribution < 1.29 is 14.7 Å². The molecule has 0 saturated carbocycles. The van der Waals surface area contributed by atoms with Crippen molar-refractivity contribution in [1.82, 2.24) is 14.9 Å². The minimum atomic E-state index is -0.573. The number of benzene rings is 2. The summed E-state index contributed by atoms with van der Waals surface area (Å²) in [4.78, 5) is 30.8. The van der Waals surface area contributed by atoms with E-state index in [1.54, 1.807) is 17.0 Å². The van der Waals surface area contributed by atoms with Crippen molar-refractivity contribution in [1.29, 1.82) is 0 Å². The molecule has 1 atom stereocenters. The number of phenolic OH excluding ortho intramolecular Hbond substituents is 1. The van der Waals surface area contributed by atoms with Gasteiger partial charge in [-0.2, -0.15) is 5.10 Å².